The topological polar surface area (TPSA) is 36.9 Å². The molecule has 2 aliphatic heterocycles. The van der Waals surface area contributed by atoms with Gasteiger partial charge in [0.25, 0.3) is 0 Å². The lowest BCUT2D eigenvalue weighted by Crippen LogP contribution is -2.51. The quantitative estimate of drug-likeness (QED) is 0.425. The molecule has 1 fully saturated rings. The van der Waals surface area contributed by atoms with Crippen molar-refractivity contribution in [3.05, 3.63) is 47.7 Å². The van der Waals surface area contributed by atoms with Crippen molar-refractivity contribution in [3.8, 4) is 0 Å². The predicted molar refractivity (Wildman–Crippen MR) is 132 cm³/mol. The lowest BCUT2D eigenvalue weighted by atomic mass is 10.00. The average Bonchev–Trinajstić information content (AvgIpc) is 3.16. The Balaban J connectivity index is 1.83. The Morgan fingerprint density at radius 1 is 0.839 bits per heavy atom. The molecule has 1 aromatic carbocycles. The SMILES string of the molecule is CC(C)(C)[Si](C)(C)OC1=C[C@H]2O[C@@H]1[C@@H](OCc1ccccc1)[C@@H]2O[Si](C)(C)C(C)(C)C. The molecule has 0 unspecified atom stereocenters. The molecule has 1 saturated heterocycles. The smallest absolute Gasteiger partial charge is 0.250 e. The maximum Gasteiger partial charge on any atom is 0.250 e. The largest absolute Gasteiger partial charge is 0.545 e. The highest BCUT2D eigenvalue weighted by Crippen LogP contribution is 2.46. The van der Waals surface area contributed by atoms with E-state index in [-0.39, 0.29) is 34.5 Å². The standard InChI is InChI=1S/C25H42O4Si2/c1-24(2,3)30(7,8)28-20-16-19-22(29-31(9,10)25(4,5)6)23(21(20)27-19)26-17-18-14-12-11-13-15-18/h11-16,19,21-23H,17H2,1-10H3/t19-,21+,22-,23-/m1/s1. The third kappa shape index (κ3) is 5.19. The fraction of sp³-hybridized carbons (Fsp3) is 0.680. The van der Waals surface area contributed by atoms with E-state index in [1.165, 1.54) is 0 Å². The highest BCUT2D eigenvalue weighted by molar-refractivity contribution is 6.74. The van der Waals surface area contributed by atoms with Crippen molar-refractivity contribution >= 4 is 16.6 Å². The zero-order valence-electron chi connectivity index (χ0n) is 21.1. The first-order valence-corrected chi connectivity index (χ1v) is 17.3. The van der Waals surface area contributed by atoms with Crippen molar-refractivity contribution in [1.82, 2.24) is 0 Å². The summed E-state index contributed by atoms with van der Waals surface area (Å²) in [6, 6.07) is 10.3. The second-order valence-electron chi connectivity index (χ2n) is 12.1. The lowest BCUT2D eigenvalue weighted by molar-refractivity contribution is -0.0418. The molecule has 2 bridgehead atoms. The monoisotopic (exact) mass is 462 g/mol. The van der Waals surface area contributed by atoms with Crippen LogP contribution in [0.2, 0.25) is 36.3 Å². The maximum absolute atomic E-state index is 6.84. The molecule has 6 heteroatoms. The van der Waals surface area contributed by atoms with Crippen LogP contribution in [0, 0.1) is 0 Å². The van der Waals surface area contributed by atoms with E-state index in [0.717, 1.165) is 11.3 Å². The number of ether oxygens (including phenoxy) is 2. The van der Waals surface area contributed by atoms with Crippen LogP contribution in [0.1, 0.15) is 47.1 Å². The molecule has 0 radical (unpaired) electrons. The Morgan fingerprint density at radius 2 is 1.42 bits per heavy atom. The lowest BCUT2D eigenvalue weighted by Gasteiger charge is -2.42. The maximum atomic E-state index is 6.84. The van der Waals surface area contributed by atoms with Gasteiger partial charge in [-0.3, -0.25) is 0 Å². The van der Waals surface area contributed by atoms with E-state index in [2.05, 4.69) is 85.9 Å². The molecule has 3 rings (SSSR count). The Labute approximate surface area is 191 Å². The summed E-state index contributed by atoms with van der Waals surface area (Å²) in [7, 11) is -3.94. The van der Waals surface area contributed by atoms with Crippen LogP contribution in [-0.2, 0) is 24.9 Å². The first-order chi connectivity index (χ1) is 14.1. The summed E-state index contributed by atoms with van der Waals surface area (Å²) in [6.45, 7) is 23.3. The molecular weight excluding hydrogens is 420 g/mol. The Kier molecular flexibility index (Phi) is 6.74. The zero-order valence-corrected chi connectivity index (χ0v) is 23.1. The predicted octanol–water partition coefficient (Wildman–Crippen LogP) is 6.65. The number of fused-ring (bicyclic) bond motifs is 2. The highest BCUT2D eigenvalue weighted by atomic mass is 28.4. The highest BCUT2D eigenvalue weighted by Gasteiger charge is 2.56. The molecule has 31 heavy (non-hydrogen) atoms. The van der Waals surface area contributed by atoms with Gasteiger partial charge < -0.3 is 18.3 Å². The van der Waals surface area contributed by atoms with Gasteiger partial charge in [-0.05, 0) is 47.9 Å². The summed E-state index contributed by atoms with van der Waals surface area (Å²) in [5.74, 6) is 0.949. The molecule has 0 amide bonds. The average molecular weight is 463 g/mol. The zero-order chi connectivity index (χ0) is 23.2. The van der Waals surface area contributed by atoms with Gasteiger partial charge in [-0.2, -0.15) is 0 Å². The third-order valence-corrected chi connectivity index (χ3v) is 16.4. The van der Waals surface area contributed by atoms with Crippen LogP contribution in [0.15, 0.2) is 42.2 Å². The van der Waals surface area contributed by atoms with Gasteiger partial charge >= 0.3 is 0 Å². The van der Waals surface area contributed by atoms with E-state index in [1.54, 1.807) is 0 Å². The molecular formula is C25H42O4Si2. The first-order valence-electron chi connectivity index (χ1n) is 11.5. The van der Waals surface area contributed by atoms with Gasteiger partial charge in [0.15, 0.2) is 8.32 Å². The third-order valence-electron chi connectivity index (χ3n) is 7.56. The molecule has 0 aromatic heterocycles. The molecule has 0 aliphatic carbocycles. The van der Waals surface area contributed by atoms with Gasteiger partial charge in [-0.15, -0.1) is 0 Å². The first kappa shape index (κ1) is 24.7. The van der Waals surface area contributed by atoms with E-state index in [1.807, 2.05) is 18.2 Å². The molecule has 0 saturated carbocycles. The molecule has 0 spiro atoms. The molecule has 4 nitrogen and oxygen atoms in total. The van der Waals surface area contributed by atoms with Gasteiger partial charge in [0.1, 0.15) is 30.2 Å². The summed E-state index contributed by atoms with van der Waals surface area (Å²) in [5.41, 5.74) is 1.16. The van der Waals surface area contributed by atoms with Crippen molar-refractivity contribution in [2.75, 3.05) is 0 Å². The van der Waals surface area contributed by atoms with Crippen LogP contribution in [0.25, 0.3) is 0 Å². The van der Waals surface area contributed by atoms with E-state index >= 15 is 0 Å². The summed E-state index contributed by atoms with van der Waals surface area (Å²) < 4.78 is 26.4. The van der Waals surface area contributed by atoms with E-state index in [0.29, 0.717) is 6.61 Å². The Bertz CT molecular complexity index is 790. The number of hydrogen-bond donors (Lipinski definition) is 0. The van der Waals surface area contributed by atoms with E-state index in [4.69, 9.17) is 18.3 Å². The molecule has 2 heterocycles. The van der Waals surface area contributed by atoms with Crippen molar-refractivity contribution < 1.29 is 18.3 Å². The molecule has 2 aliphatic rings. The van der Waals surface area contributed by atoms with Crippen LogP contribution in [0.4, 0.5) is 0 Å². The minimum absolute atomic E-state index is 0.0960. The second-order valence-corrected chi connectivity index (χ2v) is 21.5. The number of hydrogen-bond acceptors (Lipinski definition) is 4. The van der Waals surface area contributed by atoms with Crippen LogP contribution >= 0.6 is 0 Å². The van der Waals surface area contributed by atoms with Gasteiger partial charge in [-0.25, -0.2) is 0 Å². The fourth-order valence-electron chi connectivity index (χ4n) is 3.44. The van der Waals surface area contributed by atoms with Crippen LogP contribution in [-0.4, -0.2) is 41.1 Å². The number of benzene rings is 1. The van der Waals surface area contributed by atoms with E-state index in [9.17, 15) is 0 Å². The second kappa shape index (κ2) is 8.45. The number of rotatable bonds is 7. The van der Waals surface area contributed by atoms with Crippen molar-refractivity contribution in [2.45, 2.75) is 109 Å². The molecule has 1 aromatic rings. The van der Waals surface area contributed by atoms with Crippen LogP contribution < -0.4 is 0 Å². The van der Waals surface area contributed by atoms with Gasteiger partial charge in [0, 0.05) is 0 Å². The van der Waals surface area contributed by atoms with Crippen molar-refractivity contribution in [3.63, 3.8) is 0 Å². The Morgan fingerprint density at radius 3 is 1.97 bits per heavy atom. The van der Waals surface area contributed by atoms with Gasteiger partial charge in [-0.1, -0.05) is 71.9 Å². The summed E-state index contributed by atoms with van der Waals surface area (Å²) >= 11 is 0. The Hall–Kier alpha value is -0.926. The van der Waals surface area contributed by atoms with Gasteiger partial charge in [0.05, 0.1) is 6.61 Å². The minimum Gasteiger partial charge on any atom is -0.545 e. The van der Waals surface area contributed by atoms with Crippen LogP contribution in [0.5, 0.6) is 0 Å². The molecule has 4 atom stereocenters. The van der Waals surface area contributed by atoms with Crippen molar-refractivity contribution in [1.29, 1.82) is 0 Å². The van der Waals surface area contributed by atoms with Gasteiger partial charge in [0.2, 0.25) is 8.32 Å². The summed E-state index contributed by atoms with van der Waals surface area (Å²) in [4.78, 5) is 0. The summed E-state index contributed by atoms with van der Waals surface area (Å²) in [5, 5.41) is 0.260. The van der Waals surface area contributed by atoms with Crippen LogP contribution in [0.3, 0.4) is 0 Å². The fourth-order valence-corrected chi connectivity index (χ4v) is 5.82. The van der Waals surface area contributed by atoms with Crippen molar-refractivity contribution in [2.24, 2.45) is 0 Å². The molecule has 174 valence electrons. The normalized spacial score (nSPS) is 26.8. The summed E-state index contributed by atoms with van der Waals surface area (Å²) in [6.07, 6.45) is 1.59. The minimum atomic E-state index is -1.98. The van der Waals surface area contributed by atoms with E-state index < -0.39 is 16.6 Å². The molecule has 0 N–H and O–H groups in total.